The van der Waals surface area contributed by atoms with Gasteiger partial charge >= 0.3 is 5.97 Å². The molecule has 2 aromatic rings. The number of rotatable bonds is 6. The number of ether oxygens (including phenoxy) is 2. The minimum absolute atomic E-state index is 0.330. The zero-order valence-corrected chi connectivity index (χ0v) is 15.6. The van der Waals surface area contributed by atoms with Gasteiger partial charge in [0.1, 0.15) is 12.4 Å². The topological polar surface area (TPSA) is 77.5 Å². The number of hydrogen-bond acceptors (Lipinski definition) is 6. The molecule has 1 atom stereocenters. The van der Waals surface area contributed by atoms with E-state index in [1.807, 2.05) is 26.2 Å². The molecule has 0 saturated heterocycles. The van der Waals surface area contributed by atoms with E-state index >= 15 is 0 Å². The number of hydrogen-bond donors (Lipinski definition) is 1. The molecule has 7 heteroatoms. The van der Waals surface area contributed by atoms with Crippen LogP contribution in [0.15, 0.2) is 35.2 Å². The number of amides is 1. The summed E-state index contributed by atoms with van der Waals surface area (Å²) in [6.45, 7) is 7.51. The first-order valence-electron chi connectivity index (χ1n) is 7.87. The highest BCUT2D eigenvalue weighted by atomic mass is 32.1. The van der Waals surface area contributed by atoms with Crippen LogP contribution < -0.4 is 10.1 Å². The molecule has 1 N–H and O–H groups in total. The predicted octanol–water partition coefficient (Wildman–Crippen LogP) is 3.18. The van der Waals surface area contributed by atoms with E-state index in [9.17, 15) is 9.59 Å². The monoisotopic (exact) mass is 362 g/mol. The molecule has 0 aliphatic carbocycles. The number of carbonyl (C=O) groups excluding carboxylic acids is 2. The zero-order chi connectivity index (χ0) is 18.4. The second-order valence-corrected chi connectivity index (χ2v) is 7.30. The highest BCUT2D eigenvalue weighted by Crippen LogP contribution is 2.15. The lowest BCUT2D eigenvalue weighted by Crippen LogP contribution is -2.46. The Bertz CT molecular complexity index is 706. The molecular formula is C18H22N2O4S. The van der Waals surface area contributed by atoms with Crippen molar-refractivity contribution in [3.05, 3.63) is 46.4 Å². The molecule has 1 amide bonds. The van der Waals surface area contributed by atoms with Crippen molar-refractivity contribution in [1.82, 2.24) is 10.3 Å². The molecule has 134 valence electrons. The van der Waals surface area contributed by atoms with Gasteiger partial charge in [0.2, 0.25) is 0 Å². The lowest BCUT2D eigenvalue weighted by Gasteiger charge is -2.23. The molecule has 0 saturated carbocycles. The van der Waals surface area contributed by atoms with Gasteiger partial charge in [-0.3, -0.25) is 4.79 Å². The van der Waals surface area contributed by atoms with Gasteiger partial charge in [-0.15, -0.1) is 11.3 Å². The molecule has 0 radical (unpaired) electrons. The van der Waals surface area contributed by atoms with Gasteiger partial charge in [-0.25, -0.2) is 9.78 Å². The summed E-state index contributed by atoms with van der Waals surface area (Å²) >= 11 is 1.51. The van der Waals surface area contributed by atoms with Crippen molar-refractivity contribution >= 4 is 23.2 Å². The number of nitrogens with one attached hydrogen (secondary N) is 1. The van der Waals surface area contributed by atoms with Crippen LogP contribution in [0.5, 0.6) is 5.75 Å². The molecule has 0 unspecified atom stereocenters. The number of carbonyl (C=O) groups is 2. The third kappa shape index (κ3) is 6.19. The van der Waals surface area contributed by atoms with Crippen LogP contribution >= 0.6 is 11.3 Å². The van der Waals surface area contributed by atoms with Gasteiger partial charge in [-0.2, -0.15) is 0 Å². The maximum absolute atomic E-state index is 12.1. The highest BCUT2D eigenvalue weighted by molar-refractivity contribution is 7.07. The molecule has 0 aliphatic rings. The standard InChI is InChI=1S/C18H22N2O4S/c1-12(16(21)20-18(2,3)4)24-17(22)13-5-7-15(8-6-13)23-9-14-10-25-11-19-14/h5-8,10-12H,9H2,1-4H3,(H,20,21)/t12-/m0/s1. The lowest BCUT2D eigenvalue weighted by molar-refractivity contribution is -0.130. The SMILES string of the molecule is C[C@H](OC(=O)c1ccc(OCc2cscn2)cc1)C(=O)NC(C)(C)C. The number of esters is 1. The Morgan fingerprint density at radius 2 is 1.92 bits per heavy atom. The Morgan fingerprint density at radius 3 is 2.48 bits per heavy atom. The quantitative estimate of drug-likeness (QED) is 0.799. The van der Waals surface area contributed by atoms with Gasteiger partial charge in [0, 0.05) is 10.9 Å². The first-order chi connectivity index (χ1) is 11.7. The van der Waals surface area contributed by atoms with Crippen molar-refractivity contribution in [2.45, 2.75) is 45.9 Å². The van der Waals surface area contributed by atoms with Crippen molar-refractivity contribution in [3.8, 4) is 5.75 Å². The van der Waals surface area contributed by atoms with Crippen molar-refractivity contribution in [2.75, 3.05) is 0 Å². The van der Waals surface area contributed by atoms with Gasteiger partial charge in [-0.05, 0) is 52.0 Å². The van der Waals surface area contributed by atoms with Crippen LogP contribution in [-0.2, 0) is 16.1 Å². The Balaban J connectivity index is 1.88. The predicted molar refractivity (Wildman–Crippen MR) is 95.7 cm³/mol. The van der Waals surface area contributed by atoms with E-state index < -0.39 is 12.1 Å². The summed E-state index contributed by atoms with van der Waals surface area (Å²) < 4.78 is 10.8. The molecule has 1 heterocycles. The molecule has 6 nitrogen and oxygen atoms in total. The van der Waals surface area contributed by atoms with Gasteiger partial charge in [0.05, 0.1) is 16.8 Å². The Kier molecular flexibility index (Phi) is 6.14. The van der Waals surface area contributed by atoms with Crippen LogP contribution in [0.4, 0.5) is 0 Å². The molecular weight excluding hydrogens is 340 g/mol. The third-order valence-electron chi connectivity index (χ3n) is 3.11. The van der Waals surface area contributed by atoms with E-state index in [0.717, 1.165) is 5.69 Å². The van der Waals surface area contributed by atoms with Crippen molar-refractivity contribution in [1.29, 1.82) is 0 Å². The summed E-state index contributed by atoms with van der Waals surface area (Å²) in [4.78, 5) is 28.2. The van der Waals surface area contributed by atoms with E-state index in [0.29, 0.717) is 17.9 Å². The zero-order valence-electron chi connectivity index (χ0n) is 14.7. The maximum Gasteiger partial charge on any atom is 0.338 e. The molecule has 0 aliphatic heterocycles. The molecule has 0 fully saturated rings. The number of aromatic nitrogens is 1. The fraction of sp³-hybridized carbons (Fsp3) is 0.389. The van der Waals surface area contributed by atoms with Crippen molar-refractivity contribution in [3.63, 3.8) is 0 Å². The van der Waals surface area contributed by atoms with Crippen LogP contribution in [0, 0.1) is 0 Å². The smallest absolute Gasteiger partial charge is 0.338 e. The average Bonchev–Trinajstić information content (AvgIpc) is 3.05. The molecule has 0 bridgehead atoms. The van der Waals surface area contributed by atoms with E-state index in [-0.39, 0.29) is 11.4 Å². The Hall–Kier alpha value is -2.41. The Labute approximate surface area is 151 Å². The van der Waals surface area contributed by atoms with E-state index in [2.05, 4.69) is 10.3 Å². The molecule has 25 heavy (non-hydrogen) atoms. The number of thiazole rings is 1. The first kappa shape index (κ1) is 18.9. The summed E-state index contributed by atoms with van der Waals surface area (Å²) in [5.74, 6) is -0.255. The van der Waals surface area contributed by atoms with Crippen LogP contribution in [0.2, 0.25) is 0 Å². The summed E-state index contributed by atoms with van der Waals surface area (Å²) in [6.07, 6.45) is -0.868. The highest BCUT2D eigenvalue weighted by Gasteiger charge is 2.22. The summed E-state index contributed by atoms with van der Waals surface area (Å²) in [5.41, 5.74) is 2.58. The molecule has 1 aromatic carbocycles. The minimum Gasteiger partial charge on any atom is -0.487 e. The summed E-state index contributed by atoms with van der Waals surface area (Å²) in [6, 6.07) is 6.58. The van der Waals surface area contributed by atoms with E-state index in [1.165, 1.54) is 11.3 Å². The van der Waals surface area contributed by atoms with Gasteiger partial charge in [0.25, 0.3) is 5.91 Å². The fourth-order valence-corrected chi connectivity index (χ4v) is 2.45. The second-order valence-electron chi connectivity index (χ2n) is 6.58. The van der Waals surface area contributed by atoms with Crippen molar-refractivity contribution in [2.24, 2.45) is 0 Å². The minimum atomic E-state index is -0.868. The van der Waals surface area contributed by atoms with Crippen LogP contribution in [0.1, 0.15) is 43.7 Å². The molecule has 2 rings (SSSR count). The fourth-order valence-electron chi connectivity index (χ4n) is 1.91. The number of benzene rings is 1. The van der Waals surface area contributed by atoms with Crippen LogP contribution in [-0.4, -0.2) is 28.5 Å². The number of nitrogens with zero attached hydrogens (tertiary/aromatic N) is 1. The lowest BCUT2D eigenvalue weighted by atomic mass is 10.1. The van der Waals surface area contributed by atoms with Gasteiger partial charge in [-0.1, -0.05) is 0 Å². The first-order valence-corrected chi connectivity index (χ1v) is 8.82. The van der Waals surface area contributed by atoms with E-state index in [4.69, 9.17) is 9.47 Å². The average molecular weight is 362 g/mol. The molecule has 0 spiro atoms. The van der Waals surface area contributed by atoms with Crippen LogP contribution in [0.3, 0.4) is 0 Å². The Morgan fingerprint density at radius 1 is 1.24 bits per heavy atom. The maximum atomic E-state index is 12.1. The normalized spacial score (nSPS) is 12.3. The van der Waals surface area contributed by atoms with Gasteiger partial charge < -0.3 is 14.8 Å². The molecule has 1 aromatic heterocycles. The third-order valence-corrected chi connectivity index (χ3v) is 3.75. The second kappa shape index (κ2) is 8.11. The van der Waals surface area contributed by atoms with E-state index in [1.54, 1.807) is 36.7 Å². The van der Waals surface area contributed by atoms with Crippen LogP contribution in [0.25, 0.3) is 0 Å². The summed E-state index contributed by atoms with van der Waals surface area (Å²) in [7, 11) is 0. The summed E-state index contributed by atoms with van der Waals surface area (Å²) in [5, 5.41) is 4.69. The van der Waals surface area contributed by atoms with Crippen molar-refractivity contribution < 1.29 is 19.1 Å². The largest absolute Gasteiger partial charge is 0.487 e. The van der Waals surface area contributed by atoms with Gasteiger partial charge in [0.15, 0.2) is 6.10 Å².